The molecule has 8 nitrogen and oxygen atoms in total. The van der Waals surface area contributed by atoms with Crippen molar-refractivity contribution in [3.63, 3.8) is 0 Å². The number of amides is 1. The van der Waals surface area contributed by atoms with Crippen LogP contribution in [0.5, 0.6) is 5.75 Å². The molecule has 0 aliphatic carbocycles. The standard InChI is InChI=1S/C20H23ClN2O6S/c1-3-28-16-6-8-17(9-7-16)30(26,27)22-11-10-20(25)29-13-19(24)23-15-5-4-14(2)18(21)12-15/h4-9,12,22H,3,10-11,13H2,1-2H3,(H,23,24). The number of esters is 1. The highest BCUT2D eigenvalue weighted by Gasteiger charge is 2.15. The molecule has 30 heavy (non-hydrogen) atoms. The second-order valence-corrected chi connectivity index (χ2v) is 8.40. The molecule has 0 atom stereocenters. The highest BCUT2D eigenvalue weighted by Crippen LogP contribution is 2.20. The molecular formula is C20H23ClN2O6S. The summed E-state index contributed by atoms with van der Waals surface area (Å²) in [5.41, 5.74) is 1.35. The van der Waals surface area contributed by atoms with Crippen molar-refractivity contribution in [1.29, 1.82) is 0 Å². The molecule has 2 N–H and O–H groups in total. The normalized spacial score (nSPS) is 11.0. The maximum atomic E-state index is 12.2. The average molecular weight is 455 g/mol. The van der Waals surface area contributed by atoms with Gasteiger partial charge in [-0.15, -0.1) is 0 Å². The van der Waals surface area contributed by atoms with E-state index in [1.165, 1.54) is 12.1 Å². The van der Waals surface area contributed by atoms with Gasteiger partial charge >= 0.3 is 5.97 Å². The first-order valence-electron chi connectivity index (χ1n) is 9.15. The van der Waals surface area contributed by atoms with Gasteiger partial charge in [0, 0.05) is 17.3 Å². The van der Waals surface area contributed by atoms with Gasteiger partial charge in [0.25, 0.3) is 5.91 Å². The summed E-state index contributed by atoms with van der Waals surface area (Å²) in [7, 11) is -3.77. The minimum absolute atomic E-state index is 0.0513. The minimum Gasteiger partial charge on any atom is -0.494 e. The largest absolute Gasteiger partial charge is 0.494 e. The minimum atomic E-state index is -3.77. The Kier molecular flexibility index (Phi) is 8.64. The molecule has 0 saturated heterocycles. The quantitative estimate of drug-likeness (QED) is 0.534. The van der Waals surface area contributed by atoms with E-state index in [1.807, 2.05) is 13.8 Å². The zero-order chi connectivity index (χ0) is 22.1. The molecule has 0 aliphatic rings. The van der Waals surface area contributed by atoms with Crippen molar-refractivity contribution in [3.8, 4) is 5.75 Å². The van der Waals surface area contributed by atoms with E-state index in [1.54, 1.807) is 30.3 Å². The zero-order valence-corrected chi connectivity index (χ0v) is 18.2. The van der Waals surface area contributed by atoms with E-state index in [4.69, 9.17) is 21.1 Å². The SMILES string of the molecule is CCOc1ccc(S(=O)(=O)NCCC(=O)OCC(=O)Nc2ccc(C)c(Cl)c2)cc1. The predicted octanol–water partition coefficient (Wildman–Crippen LogP) is 2.90. The fourth-order valence-electron chi connectivity index (χ4n) is 2.34. The Morgan fingerprint density at radius 3 is 2.43 bits per heavy atom. The fourth-order valence-corrected chi connectivity index (χ4v) is 3.55. The van der Waals surface area contributed by atoms with Crippen LogP contribution >= 0.6 is 11.6 Å². The van der Waals surface area contributed by atoms with Crippen molar-refractivity contribution in [2.24, 2.45) is 0 Å². The first-order valence-corrected chi connectivity index (χ1v) is 11.0. The van der Waals surface area contributed by atoms with Crippen LogP contribution in [0.3, 0.4) is 0 Å². The molecule has 0 saturated carbocycles. The molecule has 0 unspecified atom stereocenters. The molecule has 0 heterocycles. The van der Waals surface area contributed by atoms with Gasteiger partial charge in [-0.05, 0) is 55.8 Å². The Bertz CT molecular complexity index is 993. The van der Waals surface area contributed by atoms with Crippen LogP contribution in [0.1, 0.15) is 18.9 Å². The van der Waals surface area contributed by atoms with E-state index in [0.29, 0.717) is 23.1 Å². The summed E-state index contributed by atoms with van der Waals surface area (Å²) in [6.07, 6.45) is -0.222. The van der Waals surface area contributed by atoms with Crippen molar-refractivity contribution in [3.05, 3.63) is 53.1 Å². The van der Waals surface area contributed by atoms with E-state index in [-0.39, 0.29) is 17.9 Å². The summed E-state index contributed by atoms with van der Waals surface area (Å²) in [4.78, 5) is 23.7. The topological polar surface area (TPSA) is 111 Å². The van der Waals surface area contributed by atoms with Gasteiger partial charge in [0.05, 0.1) is 17.9 Å². The number of hydrogen-bond donors (Lipinski definition) is 2. The van der Waals surface area contributed by atoms with Crippen LogP contribution in [0.4, 0.5) is 5.69 Å². The molecule has 0 aliphatic heterocycles. The van der Waals surface area contributed by atoms with Gasteiger partial charge in [-0.1, -0.05) is 17.7 Å². The van der Waals surface area contributed by atoms with Crippen molar-refractivity contribution in [2.45, 2.75) is 25.2 Å². The lowest BCUT2D eigenvalue weighted by molar-refractivity contribution is -0.147. The molecule has 2 aromatic rings. The molecule has 0 spiro atoms. The van der Waals surface area contributed by atoms with E-state index < -0.39 is 28.5 Å². The molecule has 0 fully saturated rings. The van der Waals surface area contributed by atoms with Gasteiger partial charge in [0.1, 0.15) is 5.75 Å². The number of anilines is 1. The number of halogens is 1. The van der Waals surface area contributed by atoms with E-state index in [0.717, 1.165) is 5.56 Å². The molecule has 162 valence electrons. The molecule has 0 bridgehead atoms. The lowest BCUT2D eigenvalue weighted by atomic mass is 10.2. The van der Waals surface area contributed by atoms with Crippen molar-refractivity contribution in [1.82, 2.24) is 4.72 Å². The number of carbonyl (C=O) groups is 2. The third-order valence-corrected chi connectivity index (χ3v) is 5.77. The van der Waals surface area contributed by atoms with Crippen LogP contribution in [0.25, 0.3) is 0 Å². The Hall–Kier alpha value is -2.62. The van der Waals surface area contributed by atoms with Crippen LogP contribution < -0.4 is 14.8 Å². The number of hydrogen-bond acceptors (Lipinski definition) is 6. The summed E-state index contributed by atoms with van der Waals surface area (Å²) < 4.78 is 36.9. The van der Waals surface area contributed by atoms with Gasteiger partial charge < -0.3 is 14.8 Å². The van der Waals surface area contributed by atoms with E-state index >= 15 is 0 Å². The molecular weight excluding hydrogens is 432 g/mol. The monoisotopic (exact) mass is 454 g/mol. The Morgan fingerprint density at radius 2 is 1.80 bits per heavy atom. The second-order valence-electron chi connectivity index (χ2n) is 6.23. The first kappa shape index (κ1) is 23.7. The predicted molar refractivity (Wildman–Crippen MR) is 113 cm³/mol. The number of ether oxygens (including phenoxy) is 2. The van der Waals surface area contributed by atoms with Crippen LogP contribution in [-0.4, -0.2) is 40.1 Å². The molecule has 10 heteroatoms. The summed E-state index contributed by atoms with van der Waals surface area (Å²) >= 11 is 5.99. The van der Waals surface area contributed by atoms with E-state index in [2.05, 4.69) is 10.0 Å². The number of carbonyl (C=O) groups excluding carboxylic acids is 2. The molecule has 1 amide bonds. The van der Waals surface area contributed by atoms with Gasteiger partial charge in [0.15, 0.2) is 6.61 Å². The maximum absolute atomic E-state index is 12.2. The molecule has 2 rings (SSSR count). The molecule has 0 radical (unpaired) electrons. The Morgan fingerprint density at radius 1 is 1.10 bits per heavy atom. The maximum Gasteiger partial charge on any atom is 0.307 e. The van der Waals surface area contributed by atoms with Gasteiger partial charge in [0.2, 0.25) is 10.0 Å². The number of sulfonamides is 1. The van der Waals surface area contributed by atoms with Gasteiger partial charge in [-0.2, -0.15) is 0 Å². The van der Waals surface area contributed by atoms with E-state index in [9.17, 15) is 18.0 Å². The number of rotatable bonds is 10. The Balaban J connectivity index is 1.74. The van der Waals surface area contributed by atoms with Gasteiger partial charge in [-0.3, -0.25) is 9.59 Å². The third-order valence-electron chi connectivity index (χ3n) is 3.89. The number of aryl methyl sites for hydroxylation is 1. The van der Waals surface area contributed by atoms with Crippen molar-refractivity contribution in [2.75, 3.05) is 25.1 Å². The summed E-state index contributed by atoms with van der Waals surface area (Å²) in [5, 5.41) is 3.06. The molecule has 0 aromatic heterocycles. The average Bonchev–Trinajstić information content (AvgIpc) is 2.70. The zero-order valence-electron chi connectivity index (χ0n) is 16.6. The van der Waals surface area contributed by atoms with Crippen LogP contribution in [0.15, 0.2) is 47.4 Å². The van der Waals surface area contributed by atoms with Crippen molar-refractivity contribution >= 4 is 39.2 Å². The number of benzene rings is 2. The first-order chi connectivity index (χ1) is 14.2. The lowest BCUT2D eigenvalue weighted by Crippen LogP contribution is -2.28. The van der Waals surface area contributed by atoms with Crippen molar-refractivity contribution < 1.29 is 27.5 Å². The van der Waals surface area contributed by atoms with Crippen LogP contribution in [-0.2, 0) is 24.3 Å². The summed E-state index contributed by atoms with van der Waals surface area (Å²) in [6, 6.07) is 10.9. The summed E-state index contributed by atoms with van der Waals surface area (Å²) in [6.45, 7) is 3.48. The smallest absolute Gasteiger partial charge is 0.307 e. The third kappa shape index (κ3) is 7.33. The van der Waals surface area contributed by atoms with Gasteiger partial charge in [-0.25, -0.2) is 13.1 Å². The fraction of sp³-hybridized carbons (Fsp3) is 0.300. The van der Waals surface area contributed by atoms with Crippen LogP contribution in [0, 0.1) is 6.92 Å². The Labute approximate surface area is 180 Å². The molecule has 2 aromatic carbocycles. The number of nitrogens with one attached hydrogen (secondary N) is 2. The highest BCUT2D eigenvalue weighted by atomic mass is 35.5. The second kappa shape index (κ2) is 11.0. The summed E-state index contributed by atoms with van der Waals surface area (Å²) in [5.74, 6) is -0.675. The lowest BCUT2D eigenvalue weighted by Gasteiger charge is -2.09. The van der Waals surface area contributed by atoms with Crippen LogP contribution in [0.2, 0.25) is 5.02 Å². The highest BCUT2D eigenvalue weighted by molar-refractivity contribution is 7.89.